The number of anilines is 1. The van der Waals surface area contributed by atoms with Crippen molar-refractivity contribution in [1.29, 1.82) is 0 Å². The molecule has 0 spiro atoms. The van der Waals surface area contributed by atoms with Gasteiger partial charge in [-0.2, -0.15) is 5.10 Å². The van der Waals surface area contributed by atoms with Crippen LogP contribution in [0.3, 0.4) is 0 Å². The minimum atomic E-state index is -0.172. The number of nitrogens with one attached hydrogen (secondary N) is 1. The Labute approximate surface area is 176 Å². The Kier molecular flexibility index (Phi) is 7.06. The third kappa shape index (κ3) is 5.33. The van der Waals surface area contributed by atoms with Crippen LogP contribution < -0.4 is 10.9 Å². The minimum absolute atomic E-state index is 0.0707. The molecule has 1 aromatic heterocycles. The predicted octanol–water partition coefficient (Wildman–Crippen LogP) is 4.81. The van der Waals surface area contributed by atoms with Crippen LogP contribution in [0, 0.1) is 0 Å². The Morgan fingerprint density at radius 2 is 1.86 bits per heavy atom. The maximum atomic E-state index is 12.2. The second-order valence-corrected chi connectivity index (χ2v) is 7.90. The van der Waals surface area contributed by atoms with Crippen molar-refractivity contribution in [3.05, 3.63) is 75.5 Å². The third-order valence-corrected chi connectivity index (χ3v) is 5.49. The van der Waals surface area contributed by atoms with Crippen molar-refractivity contribution >= 4 is 39.3 Å². The van der Waals surface area contributed by atoms with Gasteiger partial charge in [0.25, 0.3) is 5.56 Å². The van der Waals surface area contributed by atoms with Crippen molar-refractivity contribution in [2.75, 3.05) is 11.6 Å². The summed E-state index contributed by atoms with van der Waals surface area (Å²) >= 11 is 5.00. The summed E-state index contributed by atoms with van der Waals surface area (Å²) in [5.74, 6) is -0.0707. The molecular formula is C21H20BrN3O2S. The number of aromatic nitrogens is 2. The molecule has 1 amide bonds. The highest BCUT2D eigenvalue weighted by molar-refractivity contribution is 9.10. The number of thioether (sulfide) groups is 1. The number of carbonyl (C=O) groups excluding carboxylic acids is 1. The first-order chi connectivity index (χ1) is 13.6. The SMILES string of the molecule is CSc1ccccc1NC(=O)CCCn1nc(-c2ccc(Br)cc2)ccc1=O. The van der Waals surface area contributed by atoms with Gasteiger partial charge in [0.05, 0.1) is 11.4 Å². The lowest BCUT2D eigenvalue weighted by Crippen LogP contribution is -2.23. The highest BCUT2D eigenvalue weighted by atomic mass is 79.9. The number of halogens is 1. The first-order valence-corrected chi connectivity index (χ1v) is 10.9. The van der Waals surface area contributed by atoms with Crippen LogP contribution in [0.4, 0.5) is 5.69 Å². The Hall–Kier alpha value is -2.38. The molecule has 0 aliphatic heterocycles. The average molecular weight is 458 g/mol. The molecule has 2 aromatic carbocycles. The highest BCUT2D eigenvalue weighted by Crippen LogP contribution is 2.24. The number of hydrogen-bond donors (Lipinski definition) is 1. The summed E-state index contributed by atoms with van der Waals surface area (Å²) in [6.45, 7) is 0.390. The summed E-state index contributed by atoms with van der Waals surface area (Å²) in [7, 11) is 0. The van der Waals surface area contributed by atoms with E-state index in [-0.39, 0.29) is 11.5 Å². The van der Waals surface area contributed by atoms with Crippen molar-refractivity contribution in [1.82, 2.24) is 9.78 Å². The summed E-state index contributed by atoms with van der Waals surface area (Å²) < 4.78 is 2.40. The minimum Gasteiger partial charge on any atom is -0.325 e. The van der Waals surface area contributed by atoms with Gasteiger partial charge in [-0.25, -0.2) is 4.68 Å². The molecule has 5 nitrogen and oxygen atoms in total. The lowest BCUT2D eigenvalue weighted by molar-refractivity contribution is -0.116. The van der Waals surface area contributed by atoms with E-state index in [0.717, 1.165) is 26.3 Å². The fraction of sp³-hybridized carbons (Fsp3) is 0.190. The zero-order valence-corrected chi connectivity index (χ0v) is 17.8. The van der Waals surface area contributed by atoms with Crippen molar-refractivity contribution in [2.45, 2.75) is 24.3 Å². The Balaban J connectivity index is 1.61. The van der Waals surface area contributed by atoms with Crippen molar-refractivity contribution in [3.63, 3.8) is 0 Å². The van der Waals surface area contributed by atoms with E-state index in [2.05, 4.69) is 26.3 Å². The monoisotopic (exact) mass is 457 g/mol. The molecule has 144 valence electrons. The number of amides is 1. The van der Waals surface area contributed by atoms with E-state index in [9.17, 15) is 9.59 Å². The number of nitrogens with zero attached hydrogens (tertiary/aromatic N) is 2. The Morgan fingerprint density at radius 1 is 1.11 bits per heavy atom. The largest absolute Gasteiger partial charge is 0.325 e. The maximum Gasteiger partial charge on any atom is 0.266 e. The van der Waals surface area contributed by atoms with Crippen LogP contribution in [0.25, 0.3) is 11.3 Å². The number of benzene rings is 2. The van der Waals surface area contributed by atoms with Gasteiger partial charge in [0, 0.05) is 34.0 Å². The zero-order valence-electron chi connectivity index (χ0n) is 15.4. The molecule has 28 heavy (non-hydrogen) atoms. The van der Waals surface area contributed by atoms with Gasteiger partial charge in [-0.3, -0.25) is 9.59 Å². The zero-order chi connectivity index (χ0) is 19.9. The summed E-state index contributed by atoms with van der Waals surface area (Å²) in [4.78, 5) is 25.4. The number of hydrogen-bond acceptors (Lipinski definition) is 4. The molecule has 1 N–H and O–H groups in total. The fourth-order valence-electron chi connectivity index (χ4n) is 2.73. The van der Waals surface area contributed by atoms with Crippen LogP contribution in [0.15, 0.2) is 74.8 Å². The number of para-hydroxylation sites is 1. The average Bonchev–Trinajstić information content (AvgIpc) is 2.70. The van der Waals surface area contributed by atoms with Gasteiger partial charge in [0.2, 0.25) is 5.91 Å². The molecule has 0 saturated heterocycles. The summed E-state index contributed by atoms with van der Waals surface area (Å²) in [5, 5.41) is 7.37. The number of carbonyl (C=O) groups is 1. The molecule has 0 bridgehead atoms. The van der Waals surface area contributed by atoms with Gasteiger partial charge in [-0.15, -0.1) is 11.8 Å². The molecule has 3 aromatic rings. The standard InChI is InChI=1S/C21H20BrN3O2S/c1-28-19-6-3-2-5-18(19)23-20(26)7-4-14-25-21(27)13-12-17(24-25)15-8-10-16(22)11-9-15/h2-3,5-6,8-13H,4,7,14H2,1H3,(H,23,26). The van der Waals surface area contributed by atoms with Crippen molar-refractivity contribution in [3.8, 4) is 11.3 Å². The van der Waals surface area contributed by atoms with Crippen molar-refractivity contribution in [2.24, 2.45) is 0 Å². The molecule has 0 aliphatic rings. The molecule has 0 radical (unpaired) electrons. The first kappa shape index (κ1) is 20.4. The quantitative estimate of drug-likeness (QED) is 0.516. The lowest BCUT2D eigenvalue weighted by Gasteiger charge is -2.10. The van der Waals surface area contributed by atoms with E-state index in [1.807, 2.05) is 54.8 Å². The predicted molar refractivity (Wildman–Crippen MR) is 118 cm³/mol. The molecule has 0 atom stereocenters. The summed E-state index contributed by atoms with van der Waals surface area (Å²) in [6, 6.07) is 18.7. The molecule has 0 aliphatic carbocycles. The number of rotatable bonds is 7. The van der Waals surface area contributed by atoms with Gasteiger partial charge in [-0.1, -0.05) is 40.2 Å². The summed E-state index contributed by atoms with van der Waals surface area (Å²) in [5.41, 5.74) is 2.30. The van der Waals surface area contributed by atoms with E-state index in [4.69, 9.17) is 0 Å². The van der Waals surface area contributed by atoms with E-state index >= 15 is 0 Å². The van der Waals surface area contributed by atoms with Crippen LogP contribution in [0.1, 0.15) is 12.8 Å². The van der Waals surface area contributed by atoms with E-state index in [1.54, 1.807) is 17.8 Å². The van der Waals surface area contributed by atoms with Crippen LogP contribution in [0.2, 0.25) is 0 Å². The molecule has 3 rings (SSSR count). The van der Waals surface area contributed by atoms with Gasteiger partial charge in [-0.05, 0) is 43.0 Å². The molecule has 0 unspecified atom stereocenters. The summed E-state index contributed by atoms with van der Waals surface area (Å²) in [6.07, 6.45) is 2.82. The fourth-order valence-corrected chi connectivity index (χ4v) is 3.55. The molecule has 7 heteroatoms. The van der Waals surface area contributed by atoms with Gasteiger partial charge < -0.3 is 5.32 Å². The normalized spacial score (nSPS) is 10.6. The topological polar surface area (TPSA) is 64.0 Å². The van der Waals surface area contributed by atoms with Crippen LogP contribution in [-0.4, -0.2) is 21.9 Å². The smallest absolute Gasteiger partial charge is 0.266 e. The van der Waals surface area contributed by atoms with E-state index in [1.165, 1.54) is 10.7 Å². The molecule has 0 fully saturated rings. The van der Waals surface area contributed by atoms with Gasteiger partial charge in [0.15, 0.2) is 0 Å². The second kappa shape index (κ2) is 9.71. The Bertz CT molecular complexity index is 1020. The third-order valence-electron chi connectivity index (χ3n) is 4.16. The van der Waals surface area contributed by atoms with E-state index in [0.29, 0.717) is 19.4 Å². The van der Waals surface area contributed by atoms with Gasteiger partial charge in [0.1, 0.15) is 0 Å². The van der Waals surface area contributed by atoms with Crippen LogP contribution >= 0.6 is 27.7 Å². The Morgan fingerprint density at radius 3 is 2.61 bits per heavy atom. The number of aryl methyl sites for hydroxylation is 1. The molecule has 1 heterocycles. The first-order valence-electron chi connectivity index (χ1n) is 8.84. The lowest BCUT2D eigenvalue weighted by atomic mass is 10.1. The second-order valence-electron chi connectivity index (χ2n) is 6.14. The van der Waals surface area contributed by atoms with E-state index < -0.39 is 0 Å². The highest BCUT2D eigenvalue weighted by Gasteiger charge is 2.08. The van der Waals surface area contributed by atoms with Crippen LogP contribution in [-0.2, 0) is 11.3 Å². The van der Waals surface area contributed by atoms with Crippen LogP contribution in [0.5, 0.6) is 0 Å². The molecular weight excluding hydrogens is 438 g/mol. The maximum absolute atomic E-state index is 12.2. The van der Waals surface area contributed by atoms with Gasteiger partial charge >= 0.3 is 0 Å². The molecule has 0 saturated carbocycles. The van der Waals surface area contributed by atoms with Crippen molar-refractivity contribution < 1.29 is 4.79 Å².